The van der Waals surface area contributed by atoms with Crippen molar-refractivity contribution in [3.63, 3.8) is 0 Å². The molecule has 2 heterocycles. The molecule has 12 heavy (non-hydrogen) atoms. The normalized spacial score (nSPS) is 39.3. The van der Waals surface area contributed by atoms with E-state index in [0.717, 1.165) is 25.7 Å². The van der Waals surface area contributed by atoms with E-state index in [1.165, 1.54) is 0 Å². The van der Waals surface area contributed by atoms with Crippen LogP contribution in [-0.2, 0) is 9.59 Å². The molecule has 4 heteroatoms. The van der Waals surface area contributed by atoms with Gasteiger partial charge in [-0.3, -0.25) is 9.59 Å². The van der Waals surface area contributed by atoms with Crippen LogP contribution in [0.15, 0.2) is 0 Å². The van der Waals surface area contributed by atoms with E-state index in [4.69, 9.17) is 5.73 Å². The summed E-state index contributed by atoms with van der Waals surface area (Å²) >= 11 is 0. The monoisotopic (exact) mass is 168 g/mol. The van der Waals surface area contributed by atoms with Gasteiger partial charge in [0.2, 0.25) is 11.8 Å². The van der Waals surface area contributed by atoms with Crippen LogP contribution in [0, 0.1) is 5.92 Å². The van der Waals surface area contributed by atoms with E-state index in [1.807, 2.05) is 0 Å². The predicted octanol–water partition coefficient (Wildman–Crippen LogP) is -0.470. The number of fused-ring (bicyclic) bond motifs is 3. The molecule has 0 aromatic rings. The summed E-state index contributed by atoms with van der Waals surface area (Å²) in [6.45, 7) is 0. The molecule has 0 unspecified atom stereocenters. The Hall–Kier alpha value is -1.06. The molecule has 2 aliphatic heterocycles. The Balaban J connectivity index is 2.27. The van der Waals surface area contributed by atoms with Gasteiger partial charge in [-0.2, -0.15) is 0 Å². The summed E-state index contributed by atoms with van der Waals surface area (Å²) in [4.78, 5) is 22.3. The lowest BCUT2D eigenvalue weighted by atomic mass is 9.71. The topological polar surface area (TPSA) is 72.2 Å². The molecule has 2 amide bonds. The summed E-state index contributed by atoms with van der Waals surface area (Å²) in [5.41, 5.74) is 4.54. The number of primary amides is 1. The first kappa shape index (κ1) is 7.58. The third-order valence-corrected chi connectivity index (χ3v) is 3.04. The van der Waals surface area contributed by atoms with Crippen LogP contribution >= 0.6 is 0 Å². The highest BCUT2D eigenvalue weighted by Crippen LogP contribution is 2.37. The van der Waals surface area contributed by atoms with Crippen molar-refractivity contribution in [2.45, 2.75) is 31.2 Å². The minimum Gasteiger partial charge on any atom is -0.368 e. The molecule has 3 fully saturated rings. The van der Waals surface area contributed by atoms with Crippen LogP contribution in [0.1, 0.15) is 25.7 Å². The van der Waals surface area contributed by atoms with E-state index in [9.17, 15) is 9.59 Å². The zero-order valence-corrected chi connectivity index (χ0v) is 6.80. The maximum absolute atomic E-state index is 11.2. The molecule has 1 saturated carbocycles. The van der Waals surface area contributed by atoms with Crippen molar-refractivity contribution in [3.05, 3.63) is 0 Å². The number of carbonyl (C=O) groups is 2. The summed E-state index contributed by atoms with van der Waals surface area (Å²) in [6, 6.07) is 0. The molecule has 3 N–H and O–H groups in total. The number of amides is 2. The summed E-state index contributed by atoms with van der Waals surface area (Å²) in [5.74, 6) is -0.244. The minimum absolute atomic E-state index is 0.00583. The third kappa shape index (κ3) is 0.838. The van der Waals surface area contributed by atoms with Gasteiger partial charge in [0.15, 0.2) is 0 Å². The molecule has 66 valence electrons. The molecule has 4 nitrogen and oxygen atoms in total. The van der Waals surface area contributed by atoms with Gasteiger partial charge in [0.1, 0.15) is 5.54 Å². The summed E-state index contributed by atoms with van der Waals surface area (Å²) in [7, 11) is 0. The number of nitrogens with one attached hydrogen (secondary N) is 1. The average molecular weight is 168 g/mol. The molecule has 3 aliphatic rings. The van der Waals surface area contributed by atoms with Gasteiger partial charge in [-0.15, -0.1) is 0 Å². The molecule has 0 aromatic carbocycles. The van der Waals surface area contributed by atoms with E-state index < -0.39 is 5.54 Å². The number of hydrogen-bond donors (Lipinski definition) is 2. The van der Waals surface area contributed by atoms with Gasteiger partial charge in [0.05, 0.1) is 0 Å². The first-order valence-electron chi connectivity index (χ1n) is 4.26. The molecule has 2 saturated heterocycles. The number of carbonyl (C=O) groups excluding carboxylic acids is 2. The Kier molecular flexibility index (Phi) is 1.40. The van der Waals surface area contributed by atoms with E-state index in [0.29, 0.717) is 0 Å². The second-order valence-electron chi connectivity index (χ2n) is 3.71. The smallest absolute Gasteiger partial charge is 0.243 e. The lowest BCUT2D eigenvalue weighted by molar-refractivity contribution is -0.142. The van der Waals surface area contributed by atoms with Crippen molar-refractivity contribution in [1.29, 1.82) is 0 Å². The molecule has 1 aliphatic carbocycles. The van der Waals surface area contributed by atoms with Crippen LogP contribution in [0.4, 0.5) is 0 Å². The fraction of sp³-hybridized carbons (Fsp3) is 0.750. The van der Waals surface area contributed by atoms with Gasteiger partial charge in [0.25, 0.3) is 0 Å². The Morgan fingerprint density at radius 2 is 2.08 bits per heavy atom. The first-order chi connectivity index (χ1) is 5.64. The van der Waals surface area contributed by atoms with Crippen molar-refractivity contribution in [3.8, 4) is 0 Å². The SMILES string of the molecule is NC(=O)C12CCC(CC1)C(=O)N2. The Bertz CT molecular complexity index is 239. The maximum atomic E-state index is 11.2. The van der Waals surface area contributed by atoms with Crippen LogP contribution in [0.25, 0.3) is 0 Å². The van der Waals surface area contributed by atoms with Gasteiger partial charge in [-0.25, -0.2) is 0 Å². The van der Waals surface area contributed by atoms with Crippen LogP contribution in [0.2, 0.25) is 0 Å². The molecule has 0 radical (unpaired) electrons. The molecule has 0 spiro atoms. The van der Waals surface area contributed by atoms with Gasteiger partial charge in [-0.1, -0.05) is 0 Å². The van der Waals surface area contributed by atoms with Gasteiger partial charge in [-0.05, 0) is 25.7 Å². The second-order valence-corrected chi connectivity index (χ2v) is 3.71. The minimum atomic E-state index is -0.703. The average Bonchev–Trinajstić information content (AvgIpc) is 2.05. The van der Waals surface area contributed by atoms with Crippen LogP contribution < -0.4 is 11.1 Å². The van der Waals surface area contributed by atoms with Crippen LogP contribution in [0.5, 0.6) is 0 Å². The van der Waals surface area contributed by atoms with Gasteiger partial charge < -0.3 is 11.1 Å². The van der Waals surface area contributed by atoms with Crippen LogP contribution in [-0.4, -0.2) is 17.4 Å². The summed E-state index contributed by atoms with van der Waals surface area (Å²) in [6.07, 6.45) is 3.07. The quantitative estimate of drug-likeness (QED) is 0.555. The summed E-state index contributed by atoms with van der Waals surface area (Å²) < 4.78 is 0. The Morgan fingerprint density at radius 3 is 2.42 bits per heavy atom. The largest absolute Gasteiger partial charge is 0.368 e. The van der Waals surface area contributed by atoms with E-state index >= 15 is 0 Å². The standard InChI is InChI=1S/C8H12N2O2/c9-7(12)8-3-1-5(2-4-8)6(11)10-8/h5H,1-4H2,(H2,9,12)(H,10,11). The van der Waals surface area contributed by atoms with Crippen molar-refractivity contribution in [2.24, 2.45) is 11.7 Å². The third-order valence-electron chi connectivity index (χ3n) is 3.04. The highest BCUT2D eigenvalue weighted by Gasteiger charge is 2.48. The predicted molar refractivity (Wildman–Crippen MR) is 42.0 cm³/mol. The lowest BCUT2D eigenvalue weighted by Gasteiger charge is -2.44. The fourth-order valence-electron chi connectivity index (χ4n) is 2.14. The van der Waals surface area contributed by atoms with Gasteiger partial charge >= 0.3 is 0 Å². The molecular formula is C8H12N2O2. The fourth-order valence-corrected chi connectivity index (χ4v) is 2.14. The number of rotatable bonds is 1. The Morgan fingerprint density at radius 1 is 1.50 bits per heavy atom. The maximum Gasteiger partial charge on any atom is 0.243 e. The number of piperidine rings is 2. The van der Waals surface area contributed by atoms with Crippen molar-refractivity contribution in [2.75, 3.05) is 0 Å². The zero-order chi connectivity index (χ0) is 8.77. The summed E-state index contributed by atoms with van der Waals surface area (Å²) in [5, 5.41) is 2.72. The van der Waals surface area contributed by atoms with Crippen molar-refractivity contribution in [1.82, 2.24) is 5.32 Å². The molecule has 0 aromatic heterocycles. The highest BCUT2D eigenvalue weighted by molar-refractivity contribution is 5.93. The van der Waals surface area contributed by atoms with Crippen molar-refractivity contribution >= 4 is 11.8 Å². The number of hydrogen-bond acceptors (Lipinski definition) is 2. The van der Waals surface area contributed by atoms with Crippen molar-refractivity contribution < 1.29 is 9.59 Å². The number of nitrogens with two attached hydrogens (primary N) is 1. The van der Waals surface area contributed by atoms with Crippen LogP contribution in [0.3, 0.4) is 0 Å². The van der Waals surface area contributed by atoms with E-state index in [2.05, 4.69) is 5.32 Å². The molecule has 3 rings (SSSR count). The first-order valence-corrected chi connectivity index (χ1v) is 4.26. The molecule has 2 bridgehead atoms. The molecular weight excluding hydrogens is 156 g/mol. The highest BCUT2D eigenvalue weighted by atomic mass is 16.2. The van der Waals surface area contributed by atoms with Gasteiger partial charge in [0, 0.05) is 5.92 Å². The second kappa shape index (κ2) is 2.21. The Labute approximate surface area is 70.5 Å². The lowest BCUT2D eigenvalue weighted by Crippen LogP contribution is -2.65. The van der Waals surface area contributed by atoms with E-state index in [1.54, 1.807) is 0 Å². The van der Waals surface area contributed by atoms with E-state index in [-0.39, 0.29) is 17.7 Å². The molecule has 0 atom stereocenters. The zero-order valence-electron chi connectivity index (χ0n) is 6.80.